The molecule has 0 bridgehead atoms. The van der Waals surface area contributed by atoms with Gasteiger partial charge in [0.1, 0.15) is 0 Å². The Labute approximate surface area is 124 Å². The molecule has 1 amide bonds. The number of hydrogen-bond acceptors (Lipinski definition) is 3. The average Bonchev–Trinajstić information content (AvgIpc) is 2.83. The lowest BCUT2D eigenvalue weighted by Crippen LogP contribution is -2.41. The summed E-state index contributed by atoms with van der Waals surface area (Å²) < 4.78 is 26.4. The molecule has 5 nitrogen and oxygen atoms in total. The number of sulfonamides is 1. The van der Waals surface area contributed by atoms with E-state index in [1.807, 2.05) is 6.92 Å². The van der Waals surface area contributed by atoms with Crippen LogP contribution in [0.25, 0.3) is 0 Å². The topological polar surface area (TPSA) is 66.5 Å². The molecular formula is C13H17ClN2O3S. The highest BCUT2D eigenvalue weighted by Gasteiger charge is 2.26. The van der Waals surface area contributed by atoms with Crippen molar-refractivity contribution in [2.24, 2.45) is 0 Å². The summed E-state index contributed by atoms with van der Waals surface area (Å²) in [6.45, 7) is 2.45. The summed E-state index contributed by atoms with van der Waals surface area (Å²) in [6.07, 6.45) is 1.94. The molecule has 1 fully saturated rings. The monoisotopic (exact) mass is 316 g/mol. The van der Waals surface area contributed by atoms with E-state index in [1.54, 1.807) is 4.90 Å². The maximum Gasteiger partial charge on any atom is 0.241 e. The van der Waals surface area contributed by atoms with Crippen molar-refractivity contribution in [2.75, 3.05) is 13.1 Å². The highest BCUT2D eigenvalue weighted by molar-refractivity contribution is 7.89. The first kappa shape index (κ1) is 15.3. The molecule has 0 aliphatic carbocycles. The molecule has 2 rings (SSSR count). The second-order valence-electron chi connectivity index (χ2n) is 4.86. The number of amides is 1. The van der Waals surface area contributed by atoms with Crippen LogP contribution in [0.15, 0.2) is 29.2 Å². The fraction of sp³-hybridized carbons (Fsp3) is 0.462. The molecule has 7 heteroatoms. The lowest BCUT2D eigenvalue weighted by atomic mass is 10.2. The Bertz CT molecular complexity index is 586. The average molecular weight is 317 g/mol. The van der Waals surface area contributed by atoms with Gasteiger partial charge in [-0.2, -0.15) is 0 Å². The molecule has 110 valence electrons. The zero-order chi connectivity index (χ0) is 14.8. The van der Waals surface area contributed by atoms with Crippen molar-refractivity contribution in [3.63, 3.8) is 0 Å². The van der Waals surface area contributed by atoms with Gasteiger partial charge in [-0.3, -0.25) is 4.79 Å². The van der Waals surface area contributed by atoms with Crippen LogP contribution in [0.4, 0.5) is 0 Å². The van der Waals surface area contributed by atoms with E-state index < -0.39 is 10.0 Å². The first-order valence-corrected chi connectivity index (χ1v) is 8.31. The summed E-state index contributed by atoms with van der Waals surface area (Å²) in [5.41, 5.74) is 0. The van der Waals surface area contributed by atoms with Crippen molar-refractivity contribution >= 4 is 27.5 Å². The molecular weight excluding hydrogens is 300 g/mol. The number of nitrogens with one attached hydrogen (secondary N) is 1. The molecule has 0 aromatic heterocycles. The van der Waals surface area contributed by atoms with Crippen LogP contribution < -0.4 is 4.72 Å². The van der Waals surface area contributed by atoms with Gasteiger partial charge < -0.3 is 4.90 Å². The van der Waals surface area contributed by atoms with Crippen molar-refractivity contribution in [2.45, 2.75) is 30.7 Å². The first-order chi connectivity index (χ1) is 9.40. The smallest absolute Gasteiger partial charge is 0.241 e. The molecule has 1 atom stereocenters. The molecule has 1 heterocycles. The number of nitrogens with zero attached hydrogens (tertiary/aromatic N) is 1. The number of hydrogen-bond donors (Lipinski definition) is 1. The second kappa shape index (κ2) is 6.11. The maximum atomic E-state index is 12.0. The Balaban J connectivity index is 1.99. The maximum absolute atomic E-state index is 12.0. The van der Waals surface area contributed by atoms with Gasteiger partial charge in [0.05, 0.1) is 11.4 Å². The van der Waals surface area contributed by atoms with Gasteiger partial charge in [0.2, 0.25) is 15.9 Å². The summed E-state index contributed by atoms with van der Waals surface area (Å²) >= 11 is 5.72. The van der Waals surface area contributed by atoms with Gasteiger partial charge in [-0.05, 0) is 44.0 Å². The molecule has 20 heavy (non-hydrogen) atoms. The molecule has 1 N–H and O–H groups in total. The van der Waals surface area contributed by atoms with Gasteiger partial charge in [0.15, 0.2) is 0 Å². The number of likely N-dealkylation sites (tertiary alicyclic amines) is 1. The molecule has 1 aromatic carbocycles. The largest absolute Gasteiger partial charge is 0.339 e. The van der Waals surface area contributed by atoms with Crippen LogP contribution in [-0.2, 0) is 14.8 Å². The quantitative estimate of drug-likeness (QED) is 0.918. The molecule has 0 spiro atoms. The highest BCUT2D eigenvalue weighted by Crippen LogP contribution is 2.17. The Morgan fingerprint density at radius 1 is 1.40 bits per heavy atom. The van der Waals surface area contributed by atoms with Gasteiger partial charge in [-0.15, -0.1) is 0 Å². The van der Waals surface area contributed by atoms with Gasteiger partial charge in [-0.25, -0.2) is 13.1 Å². The summed E-state index contributed by atoms with van der Waals surface area (Å²) in [5.74, 6) is -0.187. The van der Waals surface area contributed by atoms with Crippen LogP contribution >= 0.6 is 11.6 Å². The predicted molar refractivity (Wildman–Crippen MR) is 77.0 cm³/mol. The van der Waals surface area contributed by atoms with E-state index in [0.29, 0.717) is 11.6 Å². The Kier molecular flexibility index (Phi) is 4.67. The Morgan fingerprint density at radius 3 is 2.60 bits per heavy atom. The number of halogens is 1. The lowest BCUT2D eigenvalue weighted by Gasteiger charge is -2.21. The SMILES string of the molecule is C[C@H]1CCCN1C(=O)CNS(=O)(=O)c1ccc(Cl)cc1. The Morgan fingerprint density at radius 2 is 2.05 bits per heavy atom. The first-order valence-electron chi connectivity index (χ1n) is 6.45. The third-order valence-corrected chi connectivity index (χ3v) is 5.08. The van der Waals surface area contributed by atoms with Gasteiger partial charge in [0, 0.05) is 17.6 Å². The number of carbonyl (C=O) groups is 1. The molecule has 1 saturated heterocycles. The second-order valence-corrected chi connectivity index (χ2v) is 7.06. The van der Waals surface area contributed by atoms with Crippen LogP contribution in [0, 0.1) is 0 Å². The summed E-state index contributed by atoms with van der Waals surface area (Å²) in [4.78, 5) is 13.8. The summed E-state index contributed by atoms with van der Waals surface area (Å²) in [5, 5.41) is 0.464. The number of carbonyl (C=O) groups excluding carboxylic acids is 1. The van der Waals surface area contributed by atoms with E-state index >= 15 is 0 Å². The van der Waals surface area contributed by atoms with Crippen LogP contribution in [0.1, 0.15) is 19.8 Å². The third kappa shape index (κ3) is 3.50. The third-order valence-electron chi connectivity index (χ3n) is 3.41. The molecule has 1 aliphatic rings. The van der Waals surface area contributed by atoms with Crippen molar-refractivity contribution in [3.05, 3.63) is 29.3 Å². The minimum Gasteiger partial charge on any atom is -0.339 e. The Hall–Kier alpha value is -1.11. The van der Waals surface area contributed by atoms with E-state index in [9.17, 15) is 13.2 Å². The fourth-order valence-electron chi connectivity index (χ4n) is 2.26. The molecule has 0 saturated carbocycles. The van der Waals surface area contributed by atoms with E-state index in [4.69, 9.17) is 11.6 Å². The molecule has 1 aliphatic heterocycles. The zero-order valence-electron chi connectivity index (χ0n) is 11.2. The molecule has 0 unspecified atom stereocenters. The number of rotatable bonds is 4. The van der Waals surface area contributed by atoms with E-state index in [2.05, 4.69) is 4.72 Å². The van der Waals surface area contributed by atoms with Crippen LogP contribution in [-0.4, -0.2) is 38.4 Å². The van der Waals surface area contributed by atoms with E-state index in [0.717, 1.165) is 12.8 Å². The normalized spacial score (nSPS) is 19.3. The minimum atomic E-state index is -3.68. The fourth-order valence-corrected chi connectivity index (χ4v) is 3.36. The van der Waals surface area contributed by atoms with Crippen LogP contribution in [0.3, 0.4) is 0 Å². The predicted octanol–water partition coefficient (Wildman–Crippen LogP) is 1.63. The summed E-state index contributed by atoms with van der Waals surface area (Å²) in [6, 6.07) is 6.00. The van der Waals surface area contributed by atoms with Gasteiger partial charge in [0.25, 0.3) is 0 Å². The van der Waals surface area contributed by atoms with Crippen molar-refractivity contribution < 1.29 is 13.2 Å². The van der Waals surface area contributed by atoms with Crippen molar-refractivity contribution in [1.29, 1.82) is 0 Å². The van der Waals surface area contributed by atoms with Gasteiger partial charge >= 0.3 is 0 Å². The lowest BCUT2D eigenvalue weighted by molar-refractivity contribution is -0.130. The van der Waals surface area contributed by atoms with E-state index in [1.165, 1.54) is 24.3 Å². The molecule has 1 aromatic rings. The van der Waals surface area contributed by atoms with Crippen molar-refractivity contribution in [3.8, 4) is 0 Å². The van der Waals surface area contributed by atoms with E-state index in [-0.39, 0.29) is 23.4 Å². The highest BCUT2D eigenvalue weighted by atomic mass is 35.5. The standard InChI is InChI=1S/C13H17ClN2O3S/c1-10-3-2-8-16(10)13(17)9-15-20(18,19)12-6-4-11(14)5-7-12/h4-7,10,15H,2-3,8-9H2,1H3/t10-/m0/s1. The van der Waals surface area contributed by atoms with Crippen LogP contribution in [0.2, 0.25) is 5.02 Å². The van der Waals surface area contributed by atoms with Crippen molar-refractivity contribution in [1.82, 2.24) is 9.62 Å². The van der Waals surface area contributed by atoms with Crippen LogP contribution in [0.5, 0.6) is 0 Å². The number of benzene rings is 1. The zero-order valence-corrected chi connectivity index (χ0v) is 12.7. The minimum absolute atomic E-state index is 0.101. The summed E-state index contributed by atoms with van der Waals surface area (Å²) in [7, 11) is -3.68. The molecule has 0 radical (unpaired) electrons. The van der Waals surface area contributed by atoms with Gasteiger partial charge in [-0.1, -0.05) is 11.6 Å².